The Bertz CT molecular complexity index is 600. The Balaban J connectivity index is 1.82. The van der Waals surface area contributed by atoms with Crippen LogP contribution in [0, 0.1) is 0 Å². The van der Waals surface area contributed by atoms with Crippen LogP contribution in [0.25, 0.3) is 0 Å². The van der Waals surface area contributed by atoms with Gasteiger partial charge in [0, 0.05) is 11.8 Å². The smallest absolute Gasteiger partial charge is 0.323 e. The van der Waals surface area contributed by atoms with Gasteiger partial charge in [0.25, 0.3) is 5.91 Å². The molecule has 1 saturated heterocycles. The molecule has 1 aliphatic heterocycles. The number of nitrogens with one attached hydrogen (secondary N) is 1. The number of rotatable bonds is 2. The highest BCUT2D eigenvalue weighted by molar-refractivity contribution is 6.34. The third-order valence-corrected chi connectivity index (χ3v) is 4.74. The van der Waals surface area contributed by atoms with Gasteiger partial charge in [-0.05, 0) is 18.9 Å². The van der Waals surface area contributed by atoms with Crippen molar-refractivity contribution in [3.8, 4) is 0 Å². The molecule has 0 unspecified atom stereocenters. The molecule has 2 heterocycles. The number of imide groups is 1. The lowest BCUT2D eigenvalue weighted by molar-refractivity contribution is -0.132. The van der Waals surface area contributed by atoms with Crippen LogP contribution in [0.2, 0.25) is 10.2 Å². The average molecular weight is 328 g/mol. The summed E-state index contributed by atoms with van der Waals surface area (Å²) in [4.78, 5) is 29.9. The maximum absolute atomic E-state index is 12.6. The number of amides is 3. The van der Waals surface area contributed by atoms with Gasteiger partial charge >= 0.3 is 6.03 Å². The number of hydrogen-bond donors (Lipinski definition) is 1. The average Bonchev–Trinajstić information content (AvgIpc) is 2.67. The molecule has 2 fully saturated rings. The molecule has 112 valence electrons. The van der Waals surface area contributed by atoms with Crippen LogP contribution in [-0.4, -0.2) is 27.4 Å². The van der Waals surface area contributed by atoms with Gasteiger partial charge in [-0.2, -0.15) is 0 Å². The van der Waals surface area contributed by atoms with Crippen molar-refractivity contribution in [2.75, 3.05) is 0 Å². The number of nitrogens with zero attached hydrogens (tertiary/aromatic N) is 2. The van der Waals surface area contributed by atoms with E-state index in [4.69, 9.17) is 23.2 Å². The number of carbonyl (C=O) groups excluding carboxylic acids is 2. The Morgan fingerprint density at radius 3 is 2.62 bits per heavy atom. The second-order valence-corrected chi connectivity index (χ2v) is 6.36. The molecular formula is C14H15Cl2N3O2. The lowest BCUT2D eigenvalue weighted by Crippen LogP contribution is -2.48. The molecule has 3 rings (SSSR count). The van der Waals surface area contributed by atoms with Crippen molar-refractivity contribution in [1.29, 1.82) is 0 Å². The molecule has 21 heavy (non-hydrogen) atoms. The molecule has 1 N–H and O–H groups in total. The minimum atomic E-state index is -0.707. The van der Waals surface area contributed by atoms with Crippen LogP contribution in [0.5, 0.6) is 0 Å². The standard InChI is InChI=1S/C14H15Cl2N3O2/c15-10-6-11(16)17-7-9(10)8-19-12(20)14(18-13(19)21)4-2-1-3-5-14/h6-7H,1-5,8H2,(H,18,21). The minimum Gasteiger partial charge on any atom is -0.323 e. The van der Waals surface area contributed by atoms with Gasteiger partial charge in [-0.3, -0.25) is 9.69 Å². The van der Waals surface area contributed by atoms with E-state index in [1.807, 2.05) is 0 Å². The number of pyridine rings is 1. The van der Waals surface area contributed by atoms with Crippen molar-refractivity contribution in [2.24, 2.45) is 0 Å². The lowest BCUT2D eigenvalue weighted by Gasteiger charge is -2.30. The van der Waals surface area contributed by atoms with Crippen molar-refractivity contribution >= 4 is 35.1 Å². The number of hydrogen-bond acceptors (Lipinski definition) is 3. The summed E-state index contributed by atoms with van der Waals surface area (Å²) in [6.07, 6.45) is 5.95. The molecule has 2 aliphatic rings. The number of aromatic nitrogens is 1. The summed E-state index contributed by atoms with van der Waals surface area (Å²) in [5.74, 6) is -0.154. The van der Waals surface area contributed by atoms with Gasteiger partial charge in [-0.25, -0.2) is 9.78 Å². The molecule has 1 saturated carbocycles. The van der Waals surface area contributed by atoms with Crippen LogP contribution >= 0.6 is 23.2 Å². The summed E-state index contributed by atoms with van der Waals surface area (Å²) in [5, 5.41) is 3.55. The highest BCUT2D eigenvalue weighted by Crippen LogP contribution is 2.34. The van der Waals surface area contributed by atoms with E-state index in [0.29, 0.717) is 23.4 Å². The fraction of sp³-hybridized carbons (Fsp3) is 0.500. The SMILES string of the molecule is O=C1NC2(CCCCC2)C(=O)N1Cc1cnc(Cl)cc1Cl. The Labute approximate surface area is 132 Å². The van der Waals surface area contributed by atoms with Crippen LogP contribution in [0.15, 0.2) is 12.3 Å². The first-order valence-electron chi connectivity index (χ1n) is 6.96. The van der Waals surface area contributed by atoms with E-state index in [1.54, 1.807) is 0 Å². The largest absolute Gasteiger partial charge is 0.325 e. The normalized spacial score (nSPS) is 21.0. The molecule has 0 radical (unpaired) electrons. The fourth-order valence-corrected chi connectivity index (χ4v) is 3.46. The molecule has 0 bridgehead atoms. The van der Waals surface area contributed by atoms with Gasteiger partial charge in [0.15, 0.2) is 0 Å². The quantitative estimate of drug-likeness (QED) is 0.670. The molecule has 0 aromatic carbocycles. The summed E-state index contributed by atoms with van der Waals surface area (Å²) < 4.78 is 0. The third kappa shape index (κ3) is 2.60. The second kappa shape index (κ2) is 5.46. The molecule has 5 nitrogen and oxygen atoms in total. The highest BCUT2D eigenvalue weighted by atomic mass is 35.5. The van der Waals surface area contributed by atoms with Gasteiger partial charge in [0.1, 0.15) is 10.7 Å². The van der Waals surface area contributed by atoms with Crippen molar-refractivity contribution in [3.05, 3.63) is 28.0 Å². The van der Waals surface area contributed by atoms with E-state index in [0.717, 1.165) is 19.3 Å². The number of urea groups is 1. The van der Waals surface area contributed by atoms with E-state index in [9.17, 15) is 9.59 Å². The Hall–Kier alpha value is -1.33. The van der Waals surface area contributed by atoms with E-state index < -0.39 is 5.54 Å². The van der Waals surface area contributed by atoms with E-state index >= 15 is 0 Å². The second-order valence-electron chi connectivity index (χ2n) is 5.56. The minimum absolute atomic E-state index is 0.120. The van der Waals surface area contributed by atoms with E-state index in [1.165, 1.54) is 17.2 Å². The van der Waals surface area contributed by atoms with Crippen LogP contribution in [0.1, 0.15) is 37.7 Å². The number of halogens is 2. The van der Waals surface area contributed by atoms with Crippen LogP contribution in [0.4, 0.5) is 4.79 Å². The first-order chi connectivity index (χ1) is 10.0. The van der Waals surface area contributed by atoms with Gasteiger partial charge < -0.3 is 5.32 Å². The topological polar surface area (TPSA) is 62.3 Å². The summed E-state index contributed by atoms with van der Waals surface area (Å²) in [7, 11) is 0. The third-order valence-electron chi connectivity index (χ3n) is 4.18. The summed E-state index contributed by atoms with van der Waals surface area (Å²) >= 11 is 11.8. The zero-order valence-corrected chi connectivity index (χ0v) is 12.9. The molecular weight excluding hydrogens is 313 g/mol. The predicted octanol–water partition coefficient (Wildman–Crippen LogP) is 3.14. The molecule has 1 aliphatic carbocycles. The Morgan fingerprint density at radius 2 is 1.95 bits per heavy atom. The van der Waals surface area contributed by atoms with E-state index in [2.05, 4.69) is 10.3 Å². The molecule has 1 aromatic heterocycles. The maximum atomic E-state index is 12.6. The van der Waals surface area contributed by atoms with Gasteiger partial charge in [-0.15, -0.1) is 0 Å². The summed E-state index contributed by atoms with van der Waals surface area (Å²) in [6.45, 7) is 0.120. The predicted molar refractivity (Wildman–Crippen MR) is 79.2 cm³/mol. The molecule has 7 heteroatoms. The molecule has 3 amide bonds. The van der Waals surface area contributed by atoms with Crippen molar-refractivity contribution < 1.29 is 9.59 Å². The highest BCUT2D eigenvalue weighted by Gasteiger charge is 2.51. The zero-order valence-electron chi connectivity index (χ0n) is 11.4. The molecule has 0 atom stereocenters. The summed E-state index contributed by atoms with van der Waals surface area (Å²) in [5.41, 5.74) is -0.0980. The van der Waals surface area contributed by atoms with Crippen LogP contribution < -0.4 is 5.32 Å². The van der Waals surface area contributed by atoms with Crippen LogP contribution in [-0.2, 0) is 11.3 Å². The lowest BCUT2D eigenvalue weighted by atomic mass is 9.82. The van der Waals surface area contributed by atoms with Gasteiger partial charge in [0.2, 0.25) is 0 Å². The maximum Gasteiger partial charge on any atom is 0.325 e. The number of carbonyl (C=O) groups is 2. The fourth-order valence-electron chi connectivity index (χ4n) is 3.04. The van der Waals surface area contributed by atoms with E-state index in [-0.39, 0.29) is 23.6 Å². The van der Waals surface area contributed by atoms with Gasteiger partial charge in [0.05, 0.1) is 11.6 Å². The Morgan fingerprint density at radius 1 is 1.24 bits per heavy atom. The van der Waals surface area contributed by atoms with Crippen LogP contribution in [0.3, 0.4) is 0 Å². The monoisotopic (exact) mass is 327 g/mol. The van der Waals surface area contributed by atoms with Crippen molar-refractivity contribution in [1.82, 2.24) is 15.2 Å². The van der Waals surface area contributed by atoms with Gasteiger partial charge in [-0.1, -0.05) is 42.5 Å². The first kappa shape index (κ1) is 14.6. The molecule has 1 spiro atoms. The molecule has 1 aromatic rings. The zero-order chi connectivity index (χ0) is 15.0. The first-order valence-corrected chi connectivity index (χ1v) is 7.71. The summed E-state index contributed by atoms with van der Waals surface area (Å²) in [6, 6.07) is 1.15. The Kier molecular flexibility index (Phi) is 3.80. The van der Waals surface area contributed by atoms with Crippen molar-refractivity contribution in [2.45, 2.75) is 44.2 Å². The van der Waals surface area contributed by atoms with Crippen molar-refractivity contribution in [3.63, 3.8) is 0 Å².